The summed E-state index contributed by atoms with van der Waals surface area (Å²) in [4.78, 5) is 11.6. The van der Waals surface area contributed by atoms with Crippen molar-refractivity contribution in [2.45, 2.75) is 20.4 Å². The standard InChI is InChI=1S/C11H22N4O/c1-9(2)8-16-13-7-10-6-12-11(14(3)4)15(10)5/h6,9,13H,7-8H2,1-5H3. The molecule has 1 aromatic rings. The second kappa shape index (κ2) is 5.86. The van der Waals surface area contributed by atoms with E-state index in [1.165, 1.54) is 0 Å². The molecule has 1 N–H and O–H groups in total. The average molecular weight is 226 g/mol. The van der Waals surface area contributed by atoms with Gasteiger partial charge in [0.2, 0.25) is 5.95 Å². The van der Waals surface area contributed by atoms with Crippen molar-refractivity contribution in [2.75, 3.05) is 25.6 Å². The molecule has 0 aliphatic carbocycles. The summed E-state index contributed by atoms with van der Waals surface area (Å²) in [6, 6.07) is 0. The first-order valence-electron chi connectivity index (χ1n) is 5.55. The van der Waals surface area contributed by atoms with E-state index in [-0.39, 0.29) is 0 Å². The van der Waals surface area contributed by atoms with Gasteiger partial charge in [-0.25, -0.2) is 4.98 Å². The second-order valence-corrected chi connectivity index (χ2v) is 4.53. The third-order valence-electron chi connectivity index (χ3n) is 2.23. The van der Waals surface area contributed by atoms with E-state index in [1.54, 1.807) is 0 Å². The smallest absolute Gasteiger partial charge is 0.204 e. The Labute approximate surface area is 97.4 Å². The van der Waals surface area contributed by atoms with Crippen LogP contribution in [0, 0.1) is 5.92 Å². The first-order valence-corrected chi connectivity index (χ1v) is 5.55. The summed E-state index contributed by atoms with van der Waals surface area (Å²) >= 11 is 0. The number of rotatable bonds is 6. The molecule has 5 heteroatoms. The van der Waals surface area contributed by atoms with Gasteiger partial charge in [0.15, 0.2) is 0 Å². The molecule has 0 spiro atoms. The van der Waals surface area contributed by atoms with Gasteiger partial charge in [-0.3, -0.25) is 0 Å². The molecule has 0 unspecified atom stereocenters. The SMILES string of the molecule is CC(C)CONCc1cnc(N(C)C)n1C. The van der Waals surface area contributed by atoms with E-state index < -0.39 is 0 Å². The van der Waals surface area contributed by atoms with Crippen LogP contribution in [0.25, 0.3) is 0 Å². The number of hydrogen-bond donors (Lipinski definition) is 1. The monoisotopic (exact) mass is 226 g/mol. The first kappa shape index (κ1) is 13.0. The number of imidazole rings is 1. The molecule has 0 bridgehead atoms. The Bertz CT molecular complexity index is 320. The Morgan fingerprint density at radius 2 is 2.19 bits per heavy atom. The third-order valence-corrected chi connectivity index (χ3v) is 2.23. The van der Waals surface area contributed by atoms with Crippen LogP contribution in [-0.2, 0) is 18.4 Å². The van der Waals surface area contributed by atoms with Gasteiger partial charge in [0, 0.05) is 21.1 Å². The number of nitrogens with one attached hydrogen (secondary N) is 1. The van der Waals surface area contributed by atoms with Gasteiger partial charge in [0.25, 0.3) is 0 Å². The molecule has 16 heavy (non-hydrogen) atoms. The van der Waals surface area contributed by atoms with Crippen LogP contribution < -0.4 is 10.4 Å². The van der Waals surface area contributed by atoms with Gasteiger partial charge < -0.3 is 14.3 Å². The number of aromatic nitrogens is 2. The fourth-order valence-electron chi connectivity index (χ4n) is 1.36. The summed E-state index contributed by atoms with van der Waals surface area (Å²) in [6.07, 6.45) is 1.86. The predicted octanol–water partition coefficient (Wildman–Crippen LogP) is 1.16. The molecule has 0 fully saturated rings. The van der Waals surface area contributed by atoms with Crippen LogP contribution in [0.5, 0.6) is 0 Å². The lowest BCUT2D eigenvalue weighted by Crippen LogP contribution is -2.20. The van der Waals surface area contributed by atoms with Crippen molar-refractivity contribution in [1.29, 1.82) is 0 Å². The van der Waals surface area contributed by atoms with Crippen LogP contribution in [0.15, 0.2) is 6.20 Å². The van der Waals surface area contributed by atoms with Crippen molar-refractivity contribution >= 4 is 5.95 Å². The van der Waals surface area contributed by atoms with Crippen molar-refractivity contribution in [3.8, 4) is 0 Å². The van der Waals surface area contributed by atoms with Crippen LogP contribution in [0.3, 0.4) is 0 Å². The van der Waals surface area contributed by atoms with Crippen LogP contribution >= 0.6 is 0 Å². The van der Waals surface area contributed by atoms with Gasteiger partial charge in [0.05, 0.1) is 25.0 Å². The second-order valence-electron chi connectivity index (χ2n) is 4.53. The Balaban J connectivity index is 2.43. The molecule has 0 aromatic carbocycles. The fraction of sp³-hybridized carbons (Fsp3) is 0.727. The van der Waals surface area contributed by atoms with Gasteiger partial charge in [-0.2, -0.15) is 5.48 Å². The zero-order chi connectivity index (χ0) is 12.1. The highest BCUT2D eigenvalue weighted by molar-refractivity contribution is 5.30. The van der Waals surface area contributed by atoms with Crippen molar-refractivity contribution in [3.63, 3.8) is 0 Å². The Kier molecular flexibility index (Phi) is 4.76. The molecular formula is C11H22N4O. The highest BCUT2D eigenvalue weighted by Crippen LogP contribution is 2.10. The molecule has 1 heterocycles. The van der Waals surface area contributed by atoms with E-state index in [0.29, 0.717) is 12.5 Å². The van der Waals surface area contributed by atoms with Crippen molar-refractivity contribution in [2.24, 2.45) is 13.0 Å². The molecule has 0 amide bonds. The molecule has 0 aliphatic rings. The molecule has 1 rings (SSSR count). The molecule has 0 atom stereocenters. The van der Waals surface area contributed by atoms with Gasteiger partial charge >= 0.3 is 0 Å². The maximum Gasteiger partial charge on any atom is 0.204 e. The van der Waals surface area contributed by atoms with Crippen molar-refractivity contribution in [3.05, 3.63) is 11.9 Å². The maximum absolute atomic E-state index is 5.32. The molecule has 0 saturated carbocycles. The van der Waals surface area contributed by atoms with Gasteiger partial charge in [-0.05, 0) is 5.92 Å². The van der Waals surface area contributed by atoms with E-state index in [2.05, 4.69) is 24.3 Å². The predicted molar refractivity (Wildman–Crippen MR) is 65.2 cm³/mol. The molecule has 0 saturated heterocycles. The van der Waals surface area contributed by atoms with Crippen LogP contribution in [0.1, 0.15) is 19.5 Å². The van der Waals surface area contributed by atoms with Crippen molar-refractivity contribution in [1.82, 2.24) is 15.0 Å². The van der Waals surface area contributed by atoms with E-state index >= 15 is 0 Å². The normalized spacial score (nSPS) is 11.1. The molecule has 1 aromatic heterocycles. The molecular weight excluding hydrogens is 204 g/mol. The van der Waals surface area contributed by atoms with Crippen LogP contribution in [-0.4, -0.2) is 30.3 Å². The minimum Gasteiger partial charge on any atom is -0.348 e. The lowest BCUT2D eigenvalue weighted by Gasteiger charge is -2.13. The minimum absolute atomic E-state index is 0.538. The molecule has 0 aliphatic heterocycles. The lowest BCUT2D eigenvalue weighted by atomic mass is 10.2. The number of hydroxylamine groups is 1. The van der Waals surface area contributed by atoms with Crippen LogP contribution in [0.2, 0.25) is 0 Å². The van der Waals surface area contributed by atoms with E-state index in [4.69, 9.17) is 4.84 Å². The number of nitrogens with zero attached hydrogens (tertiary/aromatic N) is 3. The zero-order valence-electron chi connectivity index (χ0n) is 10.8. The fourth-order valence-corrected chi connectivity index (χ4v) is 1.36. The summed E-state index contributed by atoms with van der Waals surface area (Å²) in [5, 5.41) is 0. The summed E-state index contributed by atoms with van der Waals surface area (Å²) in [6.45, 7) is 5.63. The van der Waals surface area contributed by atoms with Gasteiger partial charge in [-0.1, -0.05) is 13.8 Å². The third kappa shape index (κ3) is 3.50. The molecule has 92 valence electrons. The van der Waals surface area contributed by atoms with Gasteiger partial charge in [0.1, 0.15) is 0 Å². The zero-order valence-corrected chi connectivity index (χ0v) is 10.8. The first-order chi connectivity index (χ1) is 7.52. The van der Waals surface area contributed by atoms with E-state index in [1.807, 2.05) is 36.8 Å². The molecule has 5 nitrogen and oxygen atoms in total. The van der Waals surface area contributed by atoms with Gasteiger partial charge in [-0.15, -0.1) is 0 Å². The quantitative estimate of drug-likeness (QED) is 0.584. The number of hydrogen-bond acceptors (Lipinski definition) is 4. The summed E-state index contributed by atoms with van der Waals surface area (Å²) < 4.78 is 2.05. The maximum atomic E-state index is 5.32. The Morgan fingerprint density at radius 3 is 2.69 bits per heavy atom. The summed E-state index contributed by atoms with van der Waals surface area (Å²) in [5.74, 6) is 1.48. The molecule has 0 radical (unpaired) electrons. The van der Waals surface area contributed by atoms with Crippen molar-refractivity contribution < 1.29 is 4.84 Å². The lowest BCUT2D eigenvalue weighted by molar-refractivity contribution is 0.0186. The highest BCUT2D eigenvalue weighted by Gasteiger charge is 2.07. The average Bonchev–Trinajstić information content (AvgIpc) is 2.54. The highest BCUT2D eigenvalue weighted by atomic mass is 16.6. The summed E-state index contributed by atoms with van der Waals surface area (Å²) in [5.41, 5.74) is 4.05. The number of anilines is 1. The minimum atomic E-state index is 0.538. The summed E-state index contributed by atoms with van der Waals surface area (Å²) in [7, 11) is 5.96. The topological polar surface area (TPSA) is 42.3 Å². The Morgan fingerprint density at radius 1 is 1.50 bits per heavy atom. The Hall–Kier alpha value is -1.07. The largest absolute Gasteiger partial charge is 0.348 e. The van der Waals surface area contributed by atoms with E-state index in [9.17, 15) is 0 Å². The van der Waals surface area contributed by atoms with Crippen LogP contribution in [0.4, 0.5) is 5.95 Å². The van der Waals surface area contributed by atoms with E-state index in [0.717, 1.165) is 18.2 Å².